The van der Waals surface area contributed by atoms with Gasteiger partial charge in [0.05, 0.1) is 11.3 Å². The second-order valence-electron chi connectivity index (χ2n) is 7.02. The van der Waals surface area contributed by atoms with Gasteiger partial charge in [0.2, 0.25) is 0 Å². The van der Waals surface area contributed by atoms with Crippen LogP contribution in [0.15, 0.2) is 0 Å². The zero-order chi connectivity index (χ0) is 15.4. The van der Waals surface area contributed by atoms with E-state index in [2.05, 4.69) is 0 Å². The summed E-state index contributed by atoms with van der Waals surface area (Å²) in [7, 11) is 0. The van der Waals surface area contributed by atoms with Crippen LogP contribution in [0.2, 0.25) is 0 Å². The molecule has 1 unspecified atom stereocenters. The number of hydrogen-bond acceptors (Lipinski definition) is 3. The number of rotatable bonds is 6. The summed E-state index contributed by atoms with van der Waals surface area (Å²) in [5.41, 5.74) is -1.23. The lowest BCUT2D eigenvalue weighted by atomic mass is 9.76. The molecule has 1 atom stereocenters. The van der Waals surface area contributed by atoms with E-state index in [1.54, 1.807) is 0 Å². The molecule has 0 aromatic rings. The molecule has 1 saturated carbocycles. The van der Waals surface area contributed by atoms with Gasteiger partial charge in [-0.3, -0.25) is 9.59 Å². The number of aliphatic carboxylic acids is 1. The first-order chi connectivity index (χ1) is 9.20. The minimum Gasteiger partial charge on any atom is -0.481 e. The van der Waals surface area contributed by atoms with E-state index in [1.165, 1.54) is 0 Å². The third-order valence-corrected chi connectivity index (χ3v) is 4.03. The first-order valence-corrected chi connectivity index (χ1v) is 7.66. The molecule has 0 aromatic carbocycles. The fourth-order valence-corrected chi connectivity index (χ4v) is 3.07. The van der Waals surface area contributed by atoms with Crippen molar-refractivity contribution in [1.82, 2.24) is 0 Å². The zero-order valence-corrected chi connectivity index (χ0v) is 13.2. The van der Waals surface area contributed by atoms with Crippen LogP contribution in [0.25, 0.3) is 0 Å². The summed E-state index contributed by atoms with van der Waals surface area (Å²) < 4.78 is 5.46. The highest BCUT2D eigenvalue weighted by molar-refractivity contribution is 5.78. The minimum absolute atomic E-state index is 0.244. The van der Waals surface area contributed by atoms with E-state index >= 15 is 0 Å². The maximum absolute atomic E-state index is 12.3. The maximum Gasteiger partial charge on any atom is 0.309 e. The topological polar surface area (TPSA) is 63.6 Å². The third-order valence-electron chi connectivity index (χ3n) is 4.03. The van der Waals surface area contributed by atoms with E-state index in [9.17, 15) is 14.7 Å². The van der Waals surface area contributed by atoms with Gasteiger partial charge in [-0.05, 0) is 46.5 Å². The number of carbonyl (C=O) groups is 2. The highest BCUT2D eigenvalue weighted by Crippen LogP contribution is 2.44. The number of carboxylic acid groups (broad SMARTS) is 1. The average Bonchev–Trinajstić information content (AvgIpc) is 2.76. The normalized spacial score (nSPS) is 19.6. The van der Waals surface area contributed by atoms with Crippen molar-refractivity contribution in [1.29, 1.82) is 0 Å². The number of carbonyl (C=O) groups excluding carboxylic acids is 1. The Bertz CT molecular complexity index is 348. The molecule has 0 radical (unpaired) electrons. The van der Waals surface area contributed by atoms with E-state index in [4.69, 9.17) is 4.74 Å². The molecule has 0 aliphatic heterocycles. The van der Waals surface area contributed by atoms with Crippen LogP contribution in [0.3, 0.4) is 0 Å². The monoisotopic (exact) mass is 284 g/mol. The van der Waals surface area contributed by atoms with Crippen molar-refractivity contribution in [2.45, 2.75) is 78.2 Å². The molecule has 20 heavy (non-hydrogen) atoms. The number of esters is 1. The standard InChI is InChI=1S/C16H28O4/c1-5-8-12(13(17)20-15(2,3)4)11-16(14(18)19)9-6-7-10-16/h12H,5-11H2,1-4H3,(H,18,19). The first kappa shape index (κ1) is 17.0. The summed E-state index contributed by atoms with van der Waals surface area (Å²) in [5.74, 6) is -1.29. The second-order valence-corrected chi connectivity index (χ2v) is 7.02. The van der Waals surface area contributed by atoms with Gasteiger partial charge in [0, 0.05) is 0 Å². The third kappa shape index (κ3) is 4.50. The van der Waals surface area contributed by atoms with Gasteiger partial charge in [-0.15, -0.1) is 0 Å². The summed E-state index contributed by atoms with van der Waals surface area (Å²) in [5, 5.41) is 9.54. The molecule has 116 valence electrons. The van der Waals surface area contributed by atoms with Crippen molar-refractivity contribution >= 4 is 11.9 Å². The molecule has 4 heteroatoms. The summed E-state index contributed by atoms with van der Waals surface area (Å²) in [6.07, 6.45) is 5.24. The molecule has 0 spiro atoms. The van der Waals surface area contributed by atoms with Gasteiger partial charge < -0.3 is 9.84 Å². The smallest absolute Gasteiger partial charge is 0.309 e. The van der Waals surface area contributed by atoms with Crippen molar-refractivity contribution in [3.63, 3.8) is 0 Å². The average molecular weight is 284 g/mol. The molecule has 1 aliphatic carbocycles. The van der Waals surface area contributed by atoms with Crippen LogP contribution >= 0.6 is 0 Å². The second kappa shape index (κ2) is 6.59. The largest absolute Gasteiger partial charge is 0.481 e. The van der Waals surface area contributed by atoms with Crippen LogP contribution < -0.4 is 0 Å². The molecule has 1 fully saturated rings. The summed E-state index contributed by atoms with van der Waals surface area (Å²) >= 11 is 0. The van der Waals surface area contributed by atoms with Crippen molar-refractivity contribution in [2.24, 2.45) is 11.3 Å². The molecule has 0 bridgehead atoms. The Morgan fingerprint density at radius 2 is 1.80 bits per heavy atom. The number of carboxylic acids is 1. The Balaban J connectivity index is 2.80. The van der Waals surface area contributed by atoms with Crippen LogP contribution in [0.1, 0.15) is 72.6 Å². The van der Waals surface area contributed by atoms with Crippen LogP contribution in [0.4, 0.5) is 0 Å². The minimum atomic E-state index is -0.750. The summed E-state index contributed by atoms with van der Waals surface area (Å²) in [6.45, 7) is 7.54. The lowest BCUT2D eigenvalue weighted by Gasteiger charge is -2.30. The maximum atomic E-state index is 12.3. The summed E-state index contributed by atoms with van der Waals surface area (Å²) in [6, 6.07) is 0. The molecule has 4 nitrogen and oxygen atoms in total. The molecule has 1 N–H and O–H groups in total. The number of ether oxygens (including phenoxy) is 1. The molecule has 1 rings (SSSR count). The highest BCUT2D eigenvalue weighted by atomic mass is 16.6. The fourth-order valence-electron chi connectivity index (χ4n) is 3.07. The predicted octanol–water partition coefficient (Wildman–Crippen LogP) is 3.78. The Kier molecular flexibility index (Phi) is 5.60. The van der Waals surface area contributed by atoms with Gasteiger partial charge in [-0.1, -0.05) is 26.2 Å². The first-order valence-electron chi connectivity index (χ1n) is 7.66. The molecular formula is C16H28O4. The highest BCUT2D eigenvalue weighted by Gasteiger charge is 2.44. The summed E-state index contributed by atoms with van der Waals surface area (Å²) in [4.78, 5) is 23.9. The lowest BCUT2D eigenvalue weighted by Crippen LogP contribution is -2.35. The SMILES string of the molecule is CCCC(CC1(C(=O)O)CCCC1)C(=O)OC(C)(C)C. The van der Waals surface area contributed by atoms with Gasteiger partial charge in [0.15, 0.2) is 0 Å². The Labute approximate surface area is 121 Å². The van der Waals surface area contributed by atoms with Gasteiger partial charge in [-0.2, -0.15) is 0 Å². The van der Waals surface area contributed by atoms with Crippen LogP contribution in [-0.2, 0) is 14.3 Å². The molecular weight excluding hydrogens is 256 g/mol. The van der Waals surface area contributed by atoms with Crippen molar-refractivity contribution in [2.75, 3.05) is 0 Å². The fraction of sp³-hybridized carbons (Fsp3) is 0.875. The Morgan fingerprint density at radius 1 is 1.25 bits per heavy atom. The van der Waals surface area contributed by atoms with Crippen LogP contribution in [0.5, 0.6) is 0 Å². The van der Waals surface area contributed by atoms with Crippen LogP contribution in [-0.4, -0.2) is 22.6 Å². The molecule has 0 amide bonds. The van der Waals surface area contributed by atoms with E-state index in [0.717, 1.165) is 19.3 Å². The quantitative estimate of drug-likeness (QED) is 0.754. The van der Waals surface area contributed by atoms with Gasteiger partial charge in [-0.25, -0.2) is 0 Å². The predicted molar refractivity (Wildman–Crippen MR) is 77.4 cm³/mol. The molecule has 0 aromatic heterocycles. The van der Waals surface area contributed by atoms with Gasteiger partial charge in [0.25, 0.3) is 0 Å². The van der Waals surface area contributed by atoms with Crippen molar-refractivity contribution < 1.29 is 19.4 Å². The van der Waals surface area contributed by atoms with Crippen molar-refractivity contribution in [3.8, 4) is 0 Å². The van der Waals surface area contributed by atoms with E-state index in [0.29, 0.717) is 25.7 Å². The van der Waals surface area contributed by atoms with E-state index in [-0.39, 0.29) is 11.9 Å². The number of hydrogen-bond donors (Lipinski definition) is 1. The molecule has 0 saturated heterocycles. The van der Waals surface area contributed by atoms with E-state index < -0.39 is 17.0 Å². The Morgan fingerprint density at radius 3 is 2.20 bits per heavy atom. The zero-order valence-electron chi connectivity index (χ0n) is 13.2. The molecule has 1 aliphatic rings. The Hall–Kier alpha value is -1.06. The molecule has 0 heterocycles. The van der Waals surface area contributed by atoms with E-state index in [1.807, 2.05) is 27.7 Å². The van der Waals surface area contributed by atoms with Gasteiger partial charge >= 0.3 is 11.9 Å². The lowest BCUT2D eigenvalue weighted by molar-refractivity contribution is -0.163. The van der Waals surface area contributed by atoms with Gasteiger partial charge in [0.1, 0.15) is 5.60 Å². The van der Waals surface area contributed by atoms with Crippen molar-refractivity contribution in [3.05, 3.63) is 0 Å². The van der Waals surface area contributed by atoms with Crippen LogP contribution in [0, 0.1) is 11.3 Å².